The van der Waals surface area contributed by atoms with Crippen LogP contribution in [-0.4, -0.2) is 0 Å². The van der Waals surface area contributed by atoms with E-state index in [0.717, 1.165) is 21.8 Å². The first kappa shape index (κ1) is 15.3. The van der Waals surface area contributed by atoms with Crippen LogP contribution in [0.15, 0.2) is 22.7 Å². The Hall–Kier alpha value is -0.0900. The third-order valence-electron chi connectivity index (χ3n) is 4.13. The lowest BCUT2D eigenvalue weighted by Gasteiger charge is -2.24. The average Bonchev–Trinajstić information content (AvgIpc) is 2.42. The fourth-order valence-corrected chi connectivity index (χ4v) is 3.95. The zero-order chi connectivity index (χ0) is 13.7. The lowest BCUT2D eigenvalue weighted by Crippen LogP contribution is -2.28. The van der Waals surface area contributed by atoms with Crippen molar-refractivity contribution >= 4 is 27.5 Å². The SMILES string of the molecule is NNC(CCC1CCCCC1)c1ccc(Cl)cc1Br. The van der Waals surface area contributed by atoms with Crippen molar-refractivity contribution in [1.82, 2.24) is 5.43 Å². The number of benzene rings is 1. The van der Waals surface area contributed by atoms with E-state index >= 15 is 0 Å². The second-order valence-corrected chi connectivity index (χ2v) is 6.76. The van der Waals surface area contributed by atoms with Gasteiger partial charge in [-0.05, 0) is 36.5 Å². The van der Waals surface area contributed by atoms with E-state index in [1.54, 1.807) is 0 Å². The highest BCUT2D eigenvalue weighted by Crippen LogP contribution is 2.33. The highest BCUT2D eigenvalue weighted by Gasteiger charge is 2.18. The van der Waals surface area contributed by atoms with Crippen LogP contribution in [0.4, 0.5) is 0 Å². The first-order chi connectivity index (χ1) is 9.20. The summed E-state index contributed by atoms with van der Waals surface area (Å²) >= 11 is 9.56. The molecule has 4 heteroatoms. The van der Waals surface area contributed by atoms with E-state index in [1.165, 1.54) is 44.1 Å². The molecule has 0 aromatic heterocycles. The molecule has 0 saturated heterocycles. The maximum atomic E-state index is 5.98. The largest absolute Gasteiger partial charge is 0.271 e. The van der Waals surface area contributed by atoms with E-state index in [9.17, 15) is 0 Å². The molecule has 0 aliphatic heterocycles. The quantitative estimate of drug-likeness (QED) is 0.584. The summed E-state index contributed by atoms with van der Waals surface area (Å²) in [5, 5.41) is 0.749. The molecular formula is C15H22BrClN2. The van der Waals surface area contributed by atoms with Gasteiger partial charge in [0.15, 0.2) is 0 Å². The zero-order valence-corrected chi connectivity index (χ0v) is 13.5. The minimum Gasteiger partial charge on any atom is -0.271 e. The van der Waals surface area contributed by atoms with Gasteiger partial charge >= 0.3 is 0 Å². The van der Waals surface area contributed by atoms with Crippen molar-refractivity contribution < 1.29 is 0 Å². The Bertz CT molecular complexity index is 405. The van der Waals surface area contributed by atoms with E-state index in [2.05, 4.69) is 27.4 Å². The van der Waals surface area contributed by atoms with Gasteiger partial charge in [0, 0.05) is 15.5 Å². The summed E-state index contributed by atoms with van der Waals surface area (Å²) in [5.74, 6) is 6.61. The summed E-state index contributed by atoms with van der Waals surface area (Å²) in [7, 11) is 0. The van der Waals surface area contributed by atoms with Crippen LogP contribution in [0.1, 0.15) is 56.6 Å². The van der Waals surface area contributed by atoms with E-state index in [-0.39, 0.29) is 6.04 Å². The Morgan fingerprint density at radius 2 is 2.05 bits per heavy atom. The van der Waals surface area contributed by atoms with Gasteiger partial charge in [-0.1, -0.05) is 65.7 Å². The van der Waals surface area contributed by atoms with Crippen LogP contribution >= 0.6 is 27.5 Å². The second-order valence-electron chi connectivity index (χ2n) is 5.47. The molecule has 1 atom stereocenters. The molecule has 19 heavy (non-hydrogen) atoms. The van der Waals surface area contributed by atoms with Gasteiger partial charge in [-0.25, -0.2) is 0 Å². The van der Waals surface area contributed by atoms with Crippen molar-refractivity contribution in [3.05, 3.63) is 33.3 Å². The van der Waals surface area contributed by atoms with Crippen molar-refractivity contribution in [1.29, 1.82) is 0 Å². The van der Waals surface area contributed by atoms with Gasteiger partial charge < -0.3 is 0 Å². The molecule has 2 rings (SSSR count). The minimum atomic E-state index is 0.202. The number of nitrogens with one attached hydrogen (secondary N) is 1. The standard InChI is InChI=1S/C15H22BrClN2/c16-14-10-12(17)7-8-13(14)15(19-18)9-6-11-4-2-1-3-5-11/h7-8,10-11,15,19H,1-6,9,18H2. The Morgan fingerprint density at radius 1 is 1.32 bits per heavy atom. The topological polar surface area (TPSA) is 38.0 Å². The van der Waals surface area contributed by atoms with Crippen LogP contribution in [0.2, 0.25) is 5.02 Å². The molecule has 1 fully saturated rings. The highest BCUT2D eigenvalue weighted by atomic mass is 79.9. The third-order valence-corrected chi connectivity index (χ3v) is 5.05. The van der Waals surface area contributed by atoms with Crippen LogP contribution in [0.5, 0.6) is 0 Å². The van der Waals surface area contributed by atoms with Crippen LogP contribution in [0.3, 0.4) is 0 Å². The summed E-state index contributed by atoms with van der Waals surface area (Å²) in [4.78, 5) is 0. The summed E-state index contributed by atoms with van der Waals surface area (Å²) < 4.78 is 1.03. The molecule has 1 unspecified atom stereocenters. The normalized spacial score (nSPS) is 18.5. The number of halogens is 2. The molecule has 3 N–H and O–H groups in total. The number of rotatable bonds is 5. The zero-order valence-electron chi connectivity index (χ0n) is 11.2. The molecular weight excluding hydrogens is 324 g/mol. The van der Waals surface area contributed by atoms with Crippen molar-refractivity contribution in [2.45, 2.75) is 51.0 Å². The van der Waals surface area contributed by atoms with E-state index in [4.69, 9.17) is 17.4 Å². The molecule has 0 amide bonds. The molecule has 2 nitrogen and oxygen atoms in total. The number of nitrogens with two attached hydrogens (primary N) is 1. The highest BCUT2D eigenvalue weighted by molar-refractivity contribution is 9.10. The summed E-state index contributed by atoms with van der Waals surface area (Å²) in [5.41, 5.74) is 4.14. The van der Waals surface area contributed by atoms with Crippen LogP contribution in [-0.2, 0) is 0 Å². The van der Waals surface area contributed by atoms with E-state index < -0.39 is 0 Å². The van der Waals surface area contributed by atoms with E-state index in [0.29, 0.717) is 0 Å². The summed E-state index contributed by atoms with van der Waals surface area (Å²) in [6.07, 6.45) is 9.33. The van der Waals surface area contributed by atoms with Gasteiger partial charge in [0.1, 0.15) is 0 Å². The molecule has 106 valence electrons. The fraction of sp³-hybridized carbons (Fsp3) is 0.600. The lowest BCUT2D eigenvalue weighted by molar-refractivity contribution is 0.315. The molecule has 0 bridgehead atoms. The lowest BCUT2D eigenvalue weighted by atomic mass is 9.84. The van der Waals surface area contributed by atoms with Gasteiger partial charge in [0.2, 0.25) is 0 Å². The van der Waals surface area contributed by atoms with Gasteiger partial charge in [-0.3, -0.25) is 11.3 Å². The van der Waals surface area contributed by atoms with Gasteiger partial charge in [0.25, 0.3) is 0 Å². The van der Waals surface area contributed by atoms with Crippen LogP contribution < -0.4 is 11.3 Å². The Balaban J connectivity index is 1.95. The molecule has 1 aliphatic carbocycles. The molecule has 1 aliphatic rings. The van der Waals surface area contributed by atoms with Crippen molar-refractivity contribution in [2.75, 3.05) is 0 Å². The first-order valence-corrected chi connectivity index (χ1v) is 8.29. The predicted molar refractivity (Wildman–Crippen MR) is 85.0 cm³/mol. The smallest absolute Gasteiger partial charge is 0.0471 e. The Morgan fingerprint density at radius 3 is 2.68 bits per heavy atom. The summed E-state index contributed by atoms with van der Waals surface area (Å²) in [6, 6.07) is 6.11. The molecule has 1 aromatic carbocycles. The van der Waals surface area contributed by atoms with Crippen molar-refractivity contribution in [2.24, 2.45) is 11.8 Å². The maximum Gasteiger partial charge on any atom is 0.0471 e. The predicted octanol–water partition coefficient (Wildman–Crippen LogP) is 4.97. The van der Waals surface area contributed by atoms with Crippen LogP contribution in [0, 0.1) is 5.92 Å². The van der Waals surface area contributed by atoms with Gasteiger partial charge in [0.05, 0.1) is 0 Å². The molecule has 1 aromatic rings. The Labute approximate surface area is 129 Å². The summed E-state index contributed by atoms with van der Waals surface area (Å²) in [6.45, 7) is 0. The minimum absolute atomic E-state index is 0.202. The second kappa shape index (κ2) is 7.63. The third kappa shape index (κ3) is 4.45. The van der Waals surface area contributed by atoms with E-state index in [1.807, 2.05) is 12.1 Å². The maximum absolute atomic E-state index is 5.98. The van der Waals surface area contributed by atoms with Crippen LogP contribution in [0.25, 0.3) is 0 Å². The molecule has 1 saturated carbocycles. The number of hydrazine groups is 1. The molecule has 0 heterocycles. The molecule has 0 radical (unpaired) electrons. The average molecular weight is 346 g/mol. The monoisotopic (exact) mass is 344 g/mol. The number of hydrogen-bond donors (Lipinski definition) is 2. The van der Waals surface area contributed by atoms with Gasteiger partial charge in [-0.15, -0.1) is 0 Å². The first-order valence-electron chi connectivity index (χ1n) is 7.12. The van der Waals surface area contributed by atoms with Crippen molar-refractivity contribution in [3.63, 3.8) is 0 Å². The van der Waals surface area contributed by atoms with Crippen molar-refractivity contribution in [3.8, 4) is 0 Å². The fourth-order valence-electron chi connectivity index (χ4n) is 2.99. The Kier molecular flexibility index (Phi) is 6.14. The number of hydrogen-bond acceptors (Lipinski definition) is 2. The van der Waals surface area contributed by atoms with Gasteiger partial charge in [-0.2, -0.15) is 0 Å². The molecule has 0 spiro atoms.